The molecule has 0 saturated carbocycles. The van der Waals surface area contributed by atoms with E-state index in [2.05, 4.69) is 20.2 Å². The minimum atomic E-state index is 0.587. The number of H-pyrrole nitrogens is 1. The van der Waals surface area contributed by atoms with E-state index in [-0.39, 0.29) is 0 Å². The van der Waals surface area contributed by atoms with Gasteiger partial charge in [0.05, 0.1) is 6.54 Å². The average Bonchev–Trinajstić information content (AvgIpc) is 3.03. The summed E-state index contributed by atoms with van der Waals surface area (Å²) in [7, 11) is 0. The van der Waals surface area contributed by atoms with Gasteiger partial charge >= 0.3 is 0 Å². The second-order valence-corrected chi connectivity index (χ2v) is 4.97. The molecule has 0 amide bonds. The molecule has 90 valence electrons. The number of nitrogens with zero attached hydrogens (tertiary/aromatic N) is 4. The van der Waals surface area contributed by atoms with Gasteiger partial charge < -0.3 is 0 Å². The van der Waals surface area contributed by atoms with Gasteiger partial charge in [-0.2, -0.15) is 5.10 Å². The number of hydrogen-bond donors (Lipinski definition) is 1. The smallest absolute Gasteiger partial charge is 0.195 e. The molecule has 0 unspecified atom stereocenters. The highest BCUT2D eigenvalue weighted by Gasteiger charge is 2.10. The zero-order chi connectivity index (χ0) is 12.4. The fourth-order valence-electron chi connectivity index (χ4n) is 1.65. The topological polar surface area (TPSA) is 59.4 Å². The molecule has 0 spiro atoms. The van der Waals surface area contributed by atoms with Gasteiger partial charge in [0.1, 0.15) is 5.01 Å². The van der Waals surface area contributed by atoms with Gasteiger partial charge in [-0.15, -0.1) is 11.3 Å². The van der Waals surface area contributed by atoms with E-state index in [1.807, 2.05) is 22.1 Å². The lowest BCUT2D eigenvalue weighted by molar-refractivity contribution is 0.783. The van der Waals surface area contributed by atoms with E-state index in [0.717, 1.165) is 16.4 Å². The van der Waals surface area contributed by atoms with Crippen LogP contribution < -0.4 is 0 Å². The predicted octanol–water partition coefficient (Wildman–Crippen LogP) is 2.51. The Morgan fingerprint density at radius 1 is 1.39 bits per heavy atom. The fraction of sp³-hybridized carbons (Fsp3) is 0.0909. The molecule has 1 N–H and O–H groups in total. The number of rotatable bonds is 3. The molecule has 0 aliphatic carbocycles. The van der Waals surface area contributed by atoms with E-state index in [0.29, 0.717) is 11.3 Å². The van der Waals surface area contributed by atoms with Gasteiger partial charge in [-0.1, -0.05) is 0 Å². The third kappa shape index (κ3) is 2.09. The Labute approximate surface area is 112 Å². The van der Waals surface area contributed by atoms with Crippen molar-refractivity contribution in [2.24, 2.45) is 0 Å². The first kappa shape index (κ1) is 11.2. The van der Waals surface area contributed by atoms with Crippen molar-refractivity contribution in [3.8, 4) is 11.4 Å². The number of aromatic nitrogens is 5. The number of nitrogens with one attached hydrogen (secondary N) is 1. The van der Waals surface area contributed by atoms with Crippen LogP contribution >= 0.6 is 23.6 Å². The molecule has 0 radical (unpaired) electrons. The highest BCUT2D eigenvalue weighted by atomic mass is 32.1. The first-order valence-corrected chi connectivity index (χ1v) is 6.57. The summed E-state index contributed by atoms with van der Waals surface area (Å²) in [6, 6.07) is 3.83. The molecule has 18 heavy (non-hydrogen) atoms. The monoisotopic (exact) mass is 275 g/mol. The van der Waals surface area contributed by atoms with Crippen molar-refractivity contribution in [3.63, 3.8) is 0 Å². The summed E-state index contributed by atoms with van der Waals surface area (Å²) >= 11 is 6.85. The Hall–Kier alpha value is -1.86. The molecule has 0 aromatic carbocycles. The standard InChI is InChI=1S/C11H9N5S2/c17-11-15-14-10(8-2-1-3-12-6-8)16(11)7-9-13-4-5-18-9/h1-6H,7H2,(H,15,17). The maximum absolute atomic E-state index is 5.25. The molecule has 0 aliphatic heterocycles. The van der Waals surface area contributed by atoms with Gasteiger partial charge in [-0.05, 0) is 24.4 Å². The van der Waals surface area contributed by atoms with Crippen LogP contribution in [0.4, 0.5) is 0 Å². The van der Waals surface area contributed by atoms with Gasteiger partial charge in [0, 0.05) is 29.5 Å². The summed E-state index contributed by atoms with van der Waals surface area (Å²) in [5.41, 5.74) is 0.932. The van der Waals surface area contributed by atoms with Crippen molar-refractivity contribution < 1.29 is 0 Å². The van der Waals surface area contributed by atoms with E-state index >= 15 is 0 Å². The van der Waals surface area contributed by atoms with Crippen LogP contribution in [0, 0.1) is 4.77 Å². The van der Waals surface area contributed by atoms with Crippen LogP contribution in [0.1, 0.15) is 5.01 Å². The van der Waals surface area contributed by atoms with Crippen molar-refractivity contribution in [1.29, 1.82) is 0 Å². The number of thiazole rings is 1. The van der Waals surface area contributed by atoms with Crippen LogP contribution in [0.5, 0.6) is 0 Å². The normalized spacial score (nSPS) is 10.7. The molecular formula is C11H9N5S2. The third-order valence-electron chi connectivity index (χ3n) is 2.45. The predicted molar refractivity (Wildman–Crippen MR) is 71.9 cm³/mol. The summed E-state index contributed by atoms with van der Waals surface area (Å²) in [6.45, 7) is 0.622. The molecular weight excluding hydrogens is 266 g/mol. The van der Waals surface area contributed by atoms with E-state index in [1.54, 1.807) is 29.9 Å². The lowest BCUT2D eigenvalue weighted by Crippen LogP contribution is -2.02. The van der Waals surface area contributed by atoms with Crippen LogP contribution in [0.3, 0.4) is 0 Å². The molecule has 3 rings (SSSR count). The van der Waals surface area contributed by atoms with Crippen molar-refractivity contribution in [1.82, 2.24) is 24.7 Å². The molecule has 0 bridgehead atoms. The van der Waals surface area contributed by atoms with Crippen molar-refractivity contribution in [2.45, 2.75) is 6.54 Å². The van der Waals surface area contributed by atoms with Crippen molar-refractivity contribution >= 4 is 23.6 Å². The molecule has 3 aromatic heterocycles. The Kier molecular flexibility index (Phi) is 2.99. The first-order valence-electron chi connectivity index (χ1n) is 5.28. The quantitative estimate of drug-likeness (QED) is 0.746. The van der Waals surface area contributed by atoms with Crippen LogP contribution in [-0.4, -0.2) is 24.7 Å². The summed E-state index contributed by atoms with van der Waals surface area (Å²) in [4.78, 5) is 8.36. The van der Waals surface area contributed by atoms with Gasteiger partial charge in [0.15, 0.2) is 10.6 Å². The second-order valence-electron chi connectivity index (χ2n) is 3.61. The Bertz CT molecular complexity index is 684. The maximum Gasteiger partial charge on any atom is 0.195 e. The van der Waals surface area contributed by atoms with Crippen molar-refractivity contribution in [3.05, 3.63) is 45.9 Å². The summed E-state index contributed by atoms with van der Waals surface area (Å²) in [6.07, 6.45) is 5.28. The second kappa shape index (κ2) is 4.79. The minimum Gasteiger partial charge on any atom is -0.293 e. The van der Waals surface area contributed by atoms with E-state index in [9.17, 15) is 0 Å². The van der Waals surface area contributed by atoms with E-state index < -0.39 is 0 Å². The van der Waals surface area contributed by atoms with Gasteiger partial charge in [-0.25, -0.2) is 4.98 Å². The van der Waals surface area contributed by atoms with Gasteiger partial charge in [0.25, 0.3) is 0 Å². The number of pyridine rings is 1. The lowest BCUT2D eigenvalue weighted by Gasteiger charge is -2.03. The third-order valence-corrected chi connectivity index (χ3v) is 3.53. The summed E-state index contributed by atoms with van der Waals surface area (Å²) in [5, 5.41) is 10.0. The first-order chi connectivity index (χ1) is 8.84. The highest BCUT2D eigenvalue weighted by Crippen LogP contribution is 2.17. The van der Waals surface area contributed by atoms with E-state index in [1.165, 1.54) is 0 Å². The SMILES string of the molecule is S=c1[nH]nc(-c2cccnc2)n1Cc1nccs1. The Morgan fingerprint density at radius 2 is 2.33 bits per heavy atom. The molecule has 3 aromatic rings. The van der Waals surface area contributed by atoms with Crippen LogP contribution in [0.2, 0.25) is 0 Å². The largest absolute Gasteiger partial charge is 0.293 e. The lowest BCUT2D eigenvalue weighted by atomic mass is 10.3. The summed E-state index contributed by atoms with van der Waals surface area (Å²) < 4.78 is 2.51. The highest BCUT2D eigenvalue weighted by molar-refractivity contribution is 7.71. The Morgan fingerprint density at radius 3 is 3.06 bits per heavy atom. The molecule has 0 atom stereocenters. The van der Waals surface area contributed by atoms with Crippen LogP contribution in [0.25, 0.3) is 11.4 Å². The zero-order valence-corrected chi connectivity index (χ0v) is 10.9. The molecule has 0 saturated heterocycles. The molecule has 0 aliphatic rings. The molecule has 3 heterocycles. The summed E-state index contributed by atoms with van der Waals surface area (Å²) in [5.74, 6) is 0.781. The zero-order valence-electron chi connectivity index (χ0n) is 9.28. The number of aromatic amines is 1. The number of hydrogen-bond acceptors (Lipinski definition) is 5. The Balaban J connectivity index is 2.04. The average molecular weight is 275 g/mol. The maximum atomic E-state index is 5.25. The van der Waals surface area contributed by atoms with Gasteiger partial charge in [-0.3, -0.25) is 14.6 Å². The molecule has 0 fully saturated rings. The molecule has 5 nitrogen and oxygen atoms in total. The van der Waals surface area contributed by atoms with Crippen LogP contribution in [-0.2, 0) is 6.54 Å². The van der Waals surface area contributed by atoms with Gasteiger partial charge in [0.2, 0.25) is 0 Å². The van der Waals surface area contributed by atoms with E-state index in [4.69, 9.17) is 12.2 Å². The van der Waals surface area contributed by atoms with Crippen LogP contribution in [0.15, 0.2) is 36.1 Å². The molecule has 7 heteroatoms. The fourth-order valence-corrected chi connectivity index (χ4v) is 2.45. The minimum absolute atomic E-state index is 0.587. The van der Waals surface area contributed by atoms with Crippen molar-refractivity contribution in [2.75, 3.05) is 0 Å².